The fourth-order valence-electron chi connectivity index (χ4n) is 2.25. The molecular formula is C12H25NO4. The molecule has 0 spiro atoms. The molecule has 0 saturated heterocycles. The van der Waals surface area contributed by atoms with E-state index in [4.69, 9.17) is 0 Å². The van der Waals surface area contributed by atoms with Crippen LogP contribution in [0.5, 0.6) is 0 Å². The smallest absolute Gasteiger partial charge is 0.110 e. The van der Waals surface area contributed by atoms with Crippen LogP contribution in [0.2, 0.25) is 0 Å². The number of rotatable bonds is 6. The molecule has 0 amide bonds. The first-order valence-corrected chi connectivity index (χ1v) is 6.53. The van der Waals surface area contributed by atoms with Crippen LogP contribution in [0.3, 0.4) is 0 Å². The average molecular weight is 247 g/mol. The molecule has 1 rings (SSSR count). The zero-order valence-electron chi connectivity index (χ0n) is 10.4. The van der Waals surface area contributed by atoms with E-state index >= 15 is 0 Å². The molecule has 0 aromatic rings. The highest BCUT2D eigenvalue weighted by Gasteiger charge is 2.41. The standard InChI is InChI=1S/C12H25NO4/c1-2-3-4-5-6-13-8-7-9(14)11(16)12(17)10(8)15/h8-17H,2-7H2,1H3/t8-,9-,10+,11+,12+/m1/s1. The highest BCUT2D eigenvalue weighted by molar-refractivity contribution is 4.95. The van der Waals surface area contributed by atoms with Crippen LogP contribution in [-0.2, 0) is 0 Å². The molecule has 5 nitrogen and oxygen atoms in total. The van der Waals surface area contributed by atoms with Gasteiger partial charge in [0.15, 0.2) is 0 Å². The lowest BCUT2D eigenvalue weighted by Crippen LogP contribution is -2.60. The van der Waals surface area contributed by atoms with Crippen molar-refractivity contribution >= 4 is 0 Å². The Hall–Kier alpha value is -0.200. The molecule has 0 heterocycles. The van der Waals surface area contributed by atoms with E-state index in [0.717, 1.165) is 19.4 Å². The van der Waals surface area contributed by atoms with Gasteiger partial charge in [0.1, 0.15) is 12.2 Å². The van der Waals surface area contributed by atoms with Gasteiger partial charge in [-0.15, -0.1) is 0 Å². The van der Waals surface area contributed by atoms with Gasteiger partial charge in [0.25, 0.3) is 0 Å². The molecule has 5 N–H and O–H groups in total. The molecule has 0 aromatic carbocycles. The van der Waals surface area contributed by atoms with Crippen molar-refractivity contribution in [1.29, 1.82) is 0 Å². The molecule has 1 fully saturated rings. The Labute approximate surface area is 102 Å². The lowest BCUT2D eigenvalue weighted by atomic mass is 9.85. The van der Waals surface area contributed by atoms with Gasteiger partial charge in [0, 0.05) is 6.04 Å². The summed E-state index contributed by atoms with van der Waals surface area (Å²) in [6.07, 6.45) is 0.296. The Morgan fingerprint density at radius 2 is 1.65 bits per heavy atom. The molecule has 1 aliphatic carbocycles. The van der Waals surface area contributed by atoms with E-state index in [1.165, 1.54) is 12.8 Å². The summed E-state index contributed by atoms with van der Waals surface area (Å²) >= 11 is 0. The number of aliphatic hydroxyl groups is 4. The minimum Gasteiger partial charge on any atom is -0.390 e. The maximum atomic E-state index is 9.74. The fraction of sp³-hybridized carbons (Fsp3) is 1.00. The van der Waals surface area contributed by atoms with Gasteiger partial charge in [0.05, 0.1) is 12.2 Å². The van der Waals surface area contributed by atoms with Gasteiger partial charge in [-0.25, -0.2) is 0 Å². The number of nitrogens with one attached hydrogen (secondary N) is 1. The van der Waals surface area contributed by atoms with Gasteiger partial charge in [-0.05, 0) is 19.4 Å². The summed E-state index contributed by atoms with van der Waals surface area (Å²) in [4.78, 5) is 0. The summed E-state index contributed by atoms with van der Waals surface area (Å²) in [5.74, 6) is 0. The van der Waals surface area contributed by atoms with E-state index in [9.17, 15) is 20.4 Å². The SMILES string of the molecule is CCCCCCN[C@@H]1C[C@@H](O)[C@H](O)[C@@H](O)[C@H]1O. The molecular weight excluding hydrogens is 222 g/mol. The first-order chi connectivity index (χ1) is 8.07. The zero-order chi connectivity index (χ0) is 12.8. The van der Waals surface area contributed by atoms with Crippen LogP contribution in [-0.4, -0.2) is 57.4 Å². The molecule has 17 heavy (non-hydrogen) atoms. The summed E-state index contributed by atoms with van der Waals surface area (Å²) < 4.78 is 0. The summed E-state index contributed by atoms with van der Waals surface area (Å²) in [5.41, 5.74) is 0. The van der Waals surface area contributed by atoms with Crippen LogP contribution in [0.1, 0.15) is 39.0 Å². The van der Waals surface area contributed by atoms with Crippen LogP contribution in [0.25, 0.3) is 0 Å². The normalized spacial score (nSPS) is 38.3. The van der Waals surface area contributed by atoms with Crippen molar-refractivity contribution in [2.24, 2.45) is 0 Å². The van der Waals surface area contributed by atoms with E-state index in [-0.39, 0.29) is 12.5 Å². The molecule has 102 valence electrons. The number of hydrogen-bond donors (Lipinski definition) is 5. The highest BCUT2D eigenvalue weighted by Crippen LogP contribution is 2.20. The van der Waals surface area contributed by atoms with Crippen molar-refractivity contribution in [3.63, 3.8) is 0 Å². The minimum atomic E-state index is -1.27. The number of unbranched alkanes of at least 4 members (excludes halogenated alkanes) is 3. The summed E-state index contributed by atoms with van der Waals surface area (Å²) in [6, 6.07) is -0.343. The zero-order valence-corrected chi connectivity index (χ0v) is 10.4. The fourth-order valence-corrected chi connectivity index (χ4v) is 2.25. The summed E-state index contributed by atoms with van der Waals surface area (Å²) in [6.45, 7) is 2.91. The first-order valence-electron chi connectivity index (χ1n) is 6.53. The molecule has 1 saturated carbocycles. The van der Waals surface area contributed by atoms with Gasteiger partial charge in [-0.1, -0.05) is 26.2 Å². The Morgan fingerprint density at radius 1 is 0.941 bits per heavy atom. The molecule has 0 unspecified atom stereocenters. The van der Waals surface area contributed by atoms with Crippen LogP contribution >= 0.6 is 0 Å². The summed E-state index contributed by atoms with van der Waals surface area (Å²) in [5, 5.41) is 41.3. The van der Waals surface area contributed by atoms with Gasteiger partial charge in [0.2, 0.25) is 0 Å². The lowest BCUT2D eigenvalue weighted by Gasteiger charge is -2.38. The van der Waals surface area contributed by atoms with Gasteiger partial charge < -0.3 is 25.7 Å². The topological polar surface area (TPSA) is 93.0 Å². The second kappa shape index (κ2) is 7.28. The predicted octanol–water partition coefficient (Wildman–Crippen LogP) is -0.628. The maximum absolute atomic E-state index is 9.74. The van der Waals surface area contributed by atoms with Crippen molar-refractivity contribution in [3.05, 3.63) is 0 Å². The monoisotopic (exact) mass is 247 g/mol. The minimum absolute atomic E-state index is 0.271. The molecule has 5 atom stereocenters. The predicted molar refractivity (Wildman–Crippen MR) is 64.6 cm³/mol. The average Bonchev–Trinajstić information content (AvgIpc) is 2.32. The van der Waals surface area contributed by atoms with Crippen LogP contribution < -0.4 is 5.32 Å². The molecule has 0 radical (unpaired) electrons. The quantitative estimate of drug-likeness (QED) is 0.403. The van der Waals surface area contributed by atoms with Gasteiger partial charge >= 0.3 is 0 Å². The van der Waals surface area contributed by atoms with Crippen molar-refractivity contribution in [2.75, 3.05) is 6.54 Å². The van der Waals surface area contributed by atoms with Crippen LogP contribution in [0, 0.1) is 0 Å². The van der Waals surface area contributed by atoms with Crippen molar-refractivity contribution in [3.8, 4) is 0 Å². The third kappa shape index (κ3) is 4.19. The van der Waals surface area contributed by atoms with Gasteiger partial charge in [-0.3, -0.25) is 0 Å². The van der Waals surface area contributed by atoms with E-state index in [1.807, 2.05) is 0 Å². The molecule has 5 heteroatoms. The second-order valence-electron chi connectivity index (χ2n) is 4.90. The summed E-state index contributed by atoms with van der Waals surface area (Å²) in [7, 11) is 0. The molecule has 0 aliphatic heterocycles. The van der Waals surface area contributed by atoms with Crippen molar-refractivity contribution < 1.29 is 20.4 Å². The van der Waals surface area contributed by atoms with Crippen LogP contribution in [0.15, 0.2) is 0 Å². The van der Waals surface area contributed by atoms with Gasteiger partial charge in [-0.2, -0.15) is 0 Å². The van der Waals surface area contributed by atoms with E-state index < -0.39 is 24.4 Å². The maximum Gasteiger partial charge on any atom is 0.110 e. The molecule has 1 aliphatic rings. The second-order valence-corrected chi connectivity index (χ2v) is 4.90. The largest absolute Gasteiger partial charge is 0.390 e. The van der Waals surface area contributed by atoms with Crippen LogP contribution in [0.4, 0.5) is 0 Å². The van der Waals surface area contributed by atoms with Crippen molar-refractivity contribution in [1.82, 2.24) is 5.32 Å². The third-order valence-corrected chi connectivity index (χ3v) is 3.44. The molecule has 0 aromatic heterocycles. The van der Waals surface area contributed by atoms with E-state index in [2.05, 4.69) is 12.2 Å². The van der Waals surface area contributed by atoms with E-state index in [1.54, 1.807) is 0 Å². The lowest BCUT2D eigenvalue weighted by molar-refractivity contribution is -0.146. The van der Waals surface area contributed by atoms with E-state index in [0.29, 0.717) is 0 Å². The first kappa shape index (κ1) is 14.9. The Balaban J connectivity index is 2.28. The number of aliphatic hydroxyl groups excluding tert-OH is 4. The highest BCUT2D eigenvalue weighted by atomic mass is 16.4. The Kier molecular flexibility index (Phi) is 6.37. The van der Waals surface area contributed by atoms with Crippen molar-refractivity contribution in [2.45, 2.75) is 69.5 Å². The third-order valence-electron chi connectivity index (χ3n) is 3.44. The molecule has 0 bridgehead atoms. The Morgan fingerprint density at radius 3 is 2.29 bits per heavy atom. The Bertz CT molecular complexity index is 215. The number of hydrogen-bond acceptors (Lipinski definition) is 5.